The van der Waals surface area contributed by atoms with E-state index in [4.69, 9.17) is 10.5 Å². The second-order valence-electron chi connectivity index (χ2n) is 4.37. The van der Waals surface area contributed by atoms with Gasteiger partial charge in [-0.3, -0.25) is 4.79 Å². The smallest absolute Gasteiger partial charge is 0.236 e. The zero-order valence-electron chi connectivity index (χ0n) is 9.82. The number of benzene rings is 1. The van der Waals surface area contributed by atoms with Gasteiger partial charge in [0.2, 0.25) is 5.91 Å². The third kappa shape index (κ3) is 3.66. The highest BCUT2D eigenvalue weighted by Crippen LogP contribution is 2.24. The number of carbonyl (C=O) groups excluding carboxylic acids is 1. The lowest BCUT2D eigenvalue weighted by atomic mass is 10.2. The van der Waals surface area contributed by atoms with Gasteiger partial charge < -0.3 is 15.8 Å². The van der Waals surface area contributed by atoms with Crippen molar-refractivity contribution in [2.75, 3.05) is 11.9 Å². The van der Waals surface area contributed by atoms with E-state index in [0.29, 0.717) is 6.10 Å². The fourth-order valence-electron chi connectivity index (χ4n) is 2.04. The molecule has 0 aliphatic heterocycles. The number of rotatable bonds is 5. The Hall–Kier alpha value is -1.71. The average Bonchev–Trinajstić information content (AvgIpc) is 2.81. The molecule has 3 N–H and O–H groups in total. The van der Waals surface area contributed by atoms with Gasteiger partial charge in [0, 0.05) is 5.69 Å². The standard InChI is InChI=1S/C13H18N2O2/c14-13(16)9-15-10-5-7-12(8-6-10)17-11-3-1-2-4-11/h5-8,11,15H,1-4,9H2,(H2,14,16). The lowest BCUT2D eigenvalue weighted by Crippen LogP contribution is -2.21. The summed E-state index contributed by atoms with van der Waals surface area (Å²) in [5, 5.41) is 2.93. The number of nitrogens with two attached hydrogens (primary N) is 1. The number of hydrogen-bond acceptors (Lipinski definition) is 3. The second kappa shape index (κ2) is 5.57. The molecule has 4 nitrogen and oxygen atoms in total. The Balaban J connectivity index is 1.86. The molecule has 1 aliphatic carbocycles. The molecule has 0 atom stereocenters. The van der Waals surface area contributed by atoms with Crippen molar-refractivity contribution in [2.45, 2.75) is 31.8 Å². The van der Waals surface area contributed by atoms with Gasteiger partial charge in [0.1, 0.15) is 5.75 Å². The van der Waals surface area contributed by atoms with E-state index in [1.807, 2.05) is 24.3 Å². The van der Waals surface area contributed by atoms with Crippen molar-refractivity contribution in [3.63, 3.8) is 0 Å². The lowest BCUT2D eigenvalue weighted by Gasteiger charge is -2.13. The number of hydrogen-bond donors (Lipinski definition) is 2. The Morgan fingerprint density at radius 1 is 1.29 bits per heavy atom. The van der Waals surface area contributed by atoms with Crippen LogP contribution in [0.4, 0.5) is 5.69 Å². The fourth-order valence-corrected chi connectivity index (χ4v) is 2.04. The van der Waals surface area contributed by atoms with Crippen LogP contribution < -0.4 is 15.8 Å². The fraction of sp³-hybridized carbons (Fsp3) is 0.462. The number of amides is 1. The molecule has 0 radical (unpaired) electrons. The summed E-state index contributed by atoms with van der Waals surface area (Å²) in [7, 11) is 0. The molecule has 0 aromatic heterocycles. The molecule has 2 rings (SSSR count). The Labute approximate surface area is 101 Å². The predicted octanol–water partition coefficient (Wildman–Crippen LogP) is 1.91. The van der Waals surface area contributed by atoms with Crippen LogP contribution in [0.25, 0.3) is 0 Å². The maximum Gasteiger partial charge on any atom is 0.236 e. The summed E-state index contributed by atoms with van der Waals surface area (Å²) in [5.74, 6) is 0.526. The second-order valence-corrected chi connectivity index (χ2v) is 4.37. The van der Waals surface area contributed by atoms with Crippen molar-refractivity contribution in [2.24, 2.45) is 5.73 Å². The molecule has 1 fully saturated rings. The van der Waals surface area contributed by atoms with Crippen LogP contribution in [0.2, 0.25) is 0 Å². The van der Waals surface area contributed by atoms with Gasteiger partial charge >= 0.3 is 0 Å². The maximum atomic E-state index is 10.6. The average molecular weight is 234 g/mol. The van der Waals surface area contributed by atoms with Crippen LogP contribution in [-0.4, -0.2) is 18.6 Å². The molecule has 4 heteroatoms. The van der Waals surface area contributed by atoms with E-state index >= 15 is 0 Å². The monoisotopic (exact) mass is 234 g/mol. The van der Waals surface area contributed by atoms with Crippen molar-refractivity contribution in [1.82, 2.24) is 0 Å². The highest BCUT2D eigenvalue weighted by molar-refractivity contribution is 5.78. The molecular weight excluding hydrogens is 216 g/mol. The molecular formula is C13H18N2O2. The summed E-state index contributed by atoms with van der Waals surface area (Å²) < 4.78 is 5.84. The van der Waals surface area contributed by atoms with Gasteiger partial charge in [-0.2, -0.15) is 0 Å². The molecule has 0 saturated heterocycles. The van der Waals surface area contributed by atoms with Crippen LogP contribution in [0.3, 0.4) is 0 Å². The first-order valence-electron chi connectivity index (χ1n) is 6.03. The summed E-state index contributed by atoms with van der Waals surface area (Å²) in [6, 6.07) is 7.63. The highest BCUT2D eigenvalue weighted by atomic mass is 16.5. The Morgan fingerprint density at radius 2 is 1.94 bits per heavy atom. The summed E-state index contributed by atoms with van der Waals surface area (Å²) >= 11 is 0. The number of carbonyl (C=O) groups is 1. The first-order chi connectivity index (χ1) is 8.24. The molecule has 0 unspecified atom stereocenters. The van der Waals surface area contributed by atoms with E-state index in [0.717, 1.165) is 24.3 Å². The van der Waals surface area contributed by atoms with Gasteiger partial charge in [0.15, 0.2) is 0 Å². The largest absolute Gasteiger partial charge is 0.490 e. The summed E-state index contributed by atoms with van der Waals surface area (Å²) in [6.07, 6.45) is 5.22. The Bertz CT molecular complexity index is 370. The van der Waals surface area contributed by atoms with Crippen LogP contribution in [0.15, 0.2) is 24.3 Å². The van der Waals surface area contributed by atoms with E-state index in [9.17, 15) is 4.79 Å². The Morgan fingerprint density at radius 3 is 2.53 bits per heavy atom. The summed E-state index contributed by atoms with van der Waals surface area (Å²) in [6.45, 7) is 0.156. The van der Waals surface area contributed by atoms with Gasteiger partial charge in [-0.05, 0) is 49.9 Å². The van der Waals surface area contributed by atoms with E-state index in [-0.39, 0.29) is 12.5 Å². The minimum atomic E-state index is -0.365. The van der Waals surface area contributed by atoms with Crippen LogP contribution in [0.5, 0.6) is 5.75 Å². The molecule has 92 valence electrons. The lowest BCUT2D eigenvalue weighted by molar-refractivity contribution is -0.116. The Kier molecular flexibility index (Phi) is 3.85. The highest BCUT2D eigenvalue weighted by Gasteiger charge is 2.16. The SMILES string of the molecule is NC(=O)CNc1ccc(OC2CCCC2)cc1. The van der Waals surface area contributed by atoms with Crippen LogP contribution in [0, 0.1) is 0 Å². The molecule has 0 spiro atoms. The molecule has 1 amide bonds. The van der Waals surface area contributed by atoms with Crippen molar-refractivity contribution in [3.05, 3.63) is 24.3 Å². The normalized spacial score (nSPS) is 15.8. The molecule has 1 aliphatic rings. The number of ether oxygens (including phenoxy) is 1. The van der Waals surface area contributed by atoms with Crippen molar-refractivity contribution >= 4 is 11.6 Å². The minimum Gasteiger partial charge on any atom is -0.490 e. The van der Waals surface area contributed by atoms with E-state index < -0.39 is 0 Å². The van der Waals surface area contributed by atoms with E-state index in [1.165, 1.54) is 12.8 Å². The van der Waals surface area contributed by atoms with Crippen molar-refractivity contribution in [3.8, 4) is 5.75 Å². The van der Waals surface area contributed by atoms with Crippen LogP contribution in [-0.2, 0) is 4.79 Å². The number of nitrogens with one attached hydrogen (secondary N) is 1. The van der Waals surface area contributed by atoms with Crippen LogP contribution >= 0.6 is 0 Å². The van der Waals surface area contributed by atoms with Gasteiger partial charge in [0.05, 0.1) is 12.6 Å². The van der Waals surface area contributed by atoms with Gasteiger partial charge in [-0.25, -0.2) is 0 Å². The quantitative estimate of drug-likeness (QED) is 0.818. The predicted molar refractivity (Wildman–Crippen MR) is 67.0 cm³/mol. The van der Waals surface area contributed by atoms with Crippen LogP contribution in [0.1, 0.15) is 25.7 Å². The molecule has 1 aromatic carbocycles. The van der Waals surface area contributed by atoms with E-state index in [2.05, 4.69) is 5.32 Å². The van der Waals surface area contributed by atoms with E-state index in [1.54, 1.807) is 0 Å². The van der Waals surface area contributed by atoms with Crippen molar-refractivity contribution in [1.29, 1.82) is 0 Å². The zero-order chi connectivity index (χ0) is 12.1. The molecule has 17 heavy (non-hydrogen) atoms. The van der Waals surface area contributed by atoms with Gasteiger partial charge in [-0.15, -0.1) is 0 Å². The topological polar surface area (TPSA) is 64.4 Å². The first-order valence-corrected chi connectivity index (χ1v) is 6.03. The molecule has 0 bridgehead atoms. The third-order valence-corrected chi connectivity index (χ3v) is 2.93. The van der Waals surface area contributed by atoms with Gasteiger partial charge in [0.25, 0.3) is 0 Å². The third-order valence-electron chi connectivity index (χ3n) is 2.93. The maximum absolute atomic E-state index is 10.6. The number of anilines is 1. The molecule has 1 aromatic rings. The summed E-state index contributed by atoms with van der Waals surface area (Å²) in [4.78, 5) is 10.6. The number of primary amides is 1. The summed E-state index contributed by atoms with van der Waals surface area (Å²) in [5.41, 5.74) is 5.93. The first kappa shape index (κ1) is 11.8. The zero-order valence-corrected chi connectivity index (χ0v) is 9.82. The molecule has 0 heterocycles. The van der Waals surface area contributed by atoms with Gasteiger partial charge in [-0.1, -0.05) is 0 Å². The minimum absolute atomic E-state index is 0.156. The van der Waals surface area contributed by atoms with Crippen molar-refractivity contribution < 1.29 is 9.53 Å². The molecule has 1 saturated carbocycles.